The molecule has 5 aromatic rings. The molecule has 9 heteroatoms. The Labute approximate surface area is 287 Å². The van der Waals surface area contributed by atoms with E-state index in [9.17, 15) is 0 Å². The van der Waals surface area contributed by atoms with Gasteiger partial charge >= 0.3 is 0 Å². The van der Waals surface area contributed by atoms with Gasteiger partial charge in [0.2, 0.25) is 5.89 Å². The molecule has 0 spiro atoms. The Morgan fingerprint density at radius 1 is 1.00 bits per heavy atom. The number of pyridine rings is 1. The van der Waals surface area contributed by atoms with Crippen molar-refractivity contribution in [1.29, 1.82) is 0 Å². The van der Waals surface area contributed by atoms with E-state index in [1.165, 1.54) is 20.2 Å². The number of benzene rings is 2. The summed E-state index contributed by atoms with van der Waals surface area (Å²) in [5.74, 6) is 2.67. The lowest BCUT2D eigenvalue weighted by Gasteiger charge is -2.35. The Morgan fingerprint density at radius 2 is 1.78 bits per heavy atom. The van der Waals surface area contributed by atoms with Crippen LogP contribution in [0.3, 0.4) is 0 Å². The number of nitrogens with zero attached hydrogens (tertiary/aromatic N) is 5. The van der Waals surface area contributed by atoms with Gasteiger partial charge in [0.25, 0.3) is 0 Å². The number of rotatable bonds is 12. The Morgan fingerprint density at radius 3 is 2.52 bits per heavy atom. The van der Waals surface area contributed by atoms with E-state index in [2.05, 4.69) is 81.8 Å². The summed E-state index contributed by atoms with van der Waals surface area (Å²) in [6, 6.07) is 29.1. The fraction of sp³-hybridized carbons (Fsp3) is 0.378. The largest absolute Gasteiger partial charge is 0.339 e. The van der Waals surface area contributed by atoms with Crippen molar-refractivity contribution in [3.05, 3.63) is 119 Å². The predicted molar refractivity (Wildman–Crippen MR) is 193 cm³/mol. The van der Waals surface area contributed by atoms with Crippen LogP contribution in [0.5, 0.6) is 0 Å². The molecule has 0 radical (unpaired) electrons. The maximum Gasteiger partial charge on any atom is 0.229 e. The van der Waals surface area contributed by atoms with E-state index in [0.29, 0.717) is 24.2 Å². The SMILES string of the molecule is CC.CC(CN1CCC(c2nc(Cc3ccccc3)no2)CC1)C(CN(C)Sc1ccc(-c2ccccn2)s1)c1cccc(Cl)c1. The molecule has 6 rings (SSSR count). The monoisotopic (exact) mass is 673 g/mol. The van der Waals surface area contributed by atoms with Gasteiger partial charge in [0.1, 0.15) is 0 Å². The van der Waals surface area contributed by atoms with Crippen molar-refractivity contribution in [3.8, 4) is 10.6 Å². The maximum absolute atomic E-state index is 6.48. The highest BCUT2D eigenvalue weighted by atomic mass is 35.5. The summed E-state index contributed by atoms with van der Waals surface area (Å²) in [6.45, 7) is 10.4. The van der Waals surface area contributed by atoms with Gasteiger partial charge < -0.3 is 9.42 Å². The molecule has 0 amide bonds. The minimum absolute atomic E-state index is 0.326. The third-order valence-electron chi connectivity index (χ3n) is 8.33. The number of likely N-dealkylation sites (tertiary alicyclic amines) is 1. The van der Waals surface area contributed by atoms with Crippen LogP contribution in [0.25, 0.3) is 10.6 Å². The molecule has 46 heavy (non-hydrogen) atoms. The second-order valence-corrected chi connectivity index (χ2v) is 14.7. The molecular formula is C37H44ClN5OS2. The number of halogens is 1. The highest BCUT2D eigenvalue weighted by molar-refractivity contribution is 7.99. The molecule has 0 bridgehead atoms. The molecule has 4 heterocycles. The highest BCUT2D eigenvalue weighted by Crippen LogP contribution is 2.37. The normalized spacial score (nSPS) is 15.3. The van der Waals surface area contributed by atoms with E-state index >= 15 is 0 Å². The van der Waals surface area contributed by atoms with Crippen molar-refractivity contribution in [1.82, 2.24) is 24.3 Å². The number of thiophene rings is 1. The Kier molecular flexibility index (Phi) is 12.9. The van der Waals surface area contributed by atoms with Crippen molar-refractivity contribution in [3.63, 3.8) is 0 Å². The summed E-state index contributed by atoms with van der Waals surface area (Å²) < 4.78 is 9.35. The number of likely N-dealkylation sites (N-methyl/N-ethyl adjacent to an activating group) is 1. The lowest BCUT2D eigenvalue weighted by atomic mass is 9.86. The summed E-state index contributed by atoms with van der Waals surface area (Å²) >= 11 is 10.1. The minimum Gasteiger partial charge on any atom is -0.339 e. The molecule has 1 saturated heterocycles. The third-order valence-corrected chi connectivity index (χ3v) is 10.7. The van der Waals surface area contributed by atoms with Crippen molar-refractivity contribution in [2.45, 2.75) is 56.1 Å². The van der Waals surface area contributed by atoms with Crippen molar-refractivity contribution < 1.29 is 4.52 Å². The molecule has 2 unspecified atom stereocenters. The predicted octanol–water partition coefficient (Wildman–Crippen LogP) is 9.70. The van der Waals surface area contributed by atoms with E-state index in [-0.39, 0.29) is 0 Å². The molecule has 0 saturated carbocycles. The molecular weight excluding hydrogens is 630 g/mol. The fourth-order valence-corrected chi connectivity index (χ4v) is 8.40. The van der Waals surface area contributed by atoms with Crippen LogP contribution in [-0.4, -0.2) is 57.6 Å². The topological polar surface area (TPSA) is 58.3 Å². The molecule has 2 atom stereocenters. The highest BCUT2D eigenvalue weighted by Gasteiger charge is 2.29. The van der Waals surface area contributed by atoms with E-state index in [0.717, 1.165) is 61.5 Å². The molecule has 3 aromatic heterocycles. The Balaban J connectivity index is 0.00000204. The van der Waals surface area contributed by atoms with Crippen LogP contribution in [0.15, 0.2) is 99.9 Å². The molecule has 242 valence electrons. The van der Waals surface area contributed by atoms with Gasteiger partial charge in [-0.25, -0.2) is 4.31 Å². The van der Waals surface area contributed by atoms with Gasteiger partial charge in [-0.3, -0.25) is 4.98 Å². The second kappa shape index (κ2) is 17.2. The number of piperidine rings is 1. The Bertz CT molecular complexity index is 1600. The van der Waals surface area contributed by atoms with Crippen LogP contribution < -0.4 is 0 Å². The molecule has 1 aliphatic rings. The number of hydrogen-bond donors (Lipinski definition) is 0. The van der Waals surface area contributed by atoms with Crippen molar-refractivity contribution in [2.75, 3.05) is 33.2 Å². The fourth-order valence-electron chi connectivity index (χ4n) is 6.01. The van der Waals surface area contributed by atoms with E-state index in [1.54, 1.807) is 23.3 Å². The standard InChI is InChI=1S/C35H38ClN5OS2.C2H6/c1-25(23-41-19-16-27(17-20-41)35-38-33(39-42-35)21-26-9-4-3-5-10-26)30(28-11-8-12-29(36)22-28)24-40(2)44-34-15-14-32(43-34)31-13-6-7-18-37-31;1-2/h3-15,18,22,25,27,30H,16-17,19-21,23-24H2,1-2H3;1-2H3. The number of aromatic nitrogens is 3. The van der Waals surface area contributed by atoms with Gasteiger partial charge in [-0.05, 0) is 98.4 Å². The first-order valence-electron chi connectivity index (χ1n) is 16.2. The van der Waals surface area contributed by atoms with Crippen molar-refractivity contribution >= 4 is 34.9 Å². The summed E-state index contributed by atoms with van der Waals surface area (Å²) in [4.78, 5) is 13.1. The Hall–Kier alpha value is -3.01. The molecule has 1 aliphatic heterocycles. The number of hydrogen-bond acceptors (Lipinski definition) is 8. The van der Waals surface area contributed by atoms with Crippen molar-refractivity contribution in [2.24, 2.45) is 5.92 Å². The minimum atomic E-state index is 0.326. The molecule has 0 N–H and O–H groups in total. The average Bonchev–Trinajstić information content (AvgIpc) is 3.76. The van der Waals surface area contributed by atoms with E-state index < -0.39 is 0 Å². The molecule has 2 aromatic carbocycles. The summed E-state index contributed by atoms with van der Waals surface area (Å²) in [5, 5.41) is 5.06. The summed E-state index contributed by atoms with van der Waals surface area (Å²) in [6.07, 6.45) is 4.63. The maximum atomic E-state index is 6.48. The van der Waals surface area contributed by atoms with Crippen LogP contribution in [-0.2, 0) is 6.42 Å². The molecule has 0 aliphatic carbocycles. The quantitative estimate of drug-likeness (QED) is 0.122. The van der Waals surface area contributed by atoms with E-state index in [1.807, 2.05) is 56.4 Å². The van der Waals surface area contributed by atoms with E-state index in [4.69, 9.17) is 21.1 Å². The zero-order valence-corrected chi connectivity index (χ0v) is 29.6. The lowest BCUT2D eigenvalue weighted by molar-refractivity contribution is 0.163. The third kappa shape index (κ3) is 9.52. The van der Waals surface area contributed by atoms with Crippen LogP contribution in [0.2, 0.25) is 5.02 Å². The van der Waals surface area contributed by atoms with Gasteiger partial charge in [0.05, 0.1) is 14.8 Å². The lowest BCUT2D eigenvalue weighted by Crippen LogP contribution is -2.38. The smallest absolute Gasteiger partial charge is 0.229 e. The average molecular weight is 674 g/mol. The first-order chi connectivity index (χ1) is 22.5. The zero-order chi connectivity index (χ0) is 32.3. The zero-order valence-electron chi connectivity index (χ0n) is 27.2. The van der Waals surface area contributed by atoms with Gasteiger partial charge in [0.15, 0.2) is 5.82 Å². The molecule has 1 fully saturated rings. The first kappa shape index (κ1) is 34.3. The van der Waals surface area contributed by atoms with Gasteiger partial charge in [0, 0.05) is 42.6 Å². The van der Waals surface area contributed by atoms with Crippen LogP contribution in [0.4, 0.5) is 0 Å². The van der Waals surface area contributed by atoms with Crippen LogP contribution in [0, 0.1) is 5.92 Å². The van der Waals surface area contributed by atoms with Gasteiger partial charge in [-0.2, -0.15) is 4.98 Å². The molecule has 6 nitrogen and oxygen atoms in total. The van der Waals surface area contributed by atoms with Gasteiger partial charge in [-0.1, -0.05) is 86.1 Å². The second-order valence-electron chi connectivity index (χ2n) is 11.7. The van der Waals surface area contributed by atoms with Crippen LogP contribution >= 0.6 is 34.9 Å². The van der Waals surface area contributed by atoms with Gasteiger partial charge in [-0.15, -0.1) is 11.3 Å². The van der Waals surface area contributed by atoms with Crippen LogP contribution in [0.1, 0.15) is 68.3 Å². The summed E-state index contributed by atoms with van der Waals surface area (Å²) in [5.41, 5.74) is 3.52. The summed E-state index contributed by atoms with van der Waals surface area (Å²) in [7, 11) is 2.19. The first-order valence-corrected chi connectivity index (χ1v) is 18.2.